The van der Waals surface area contributed by atoms with Crippen LogP contribution in [0.5, 0.6) is 0 Å². The van der Waals surface area contributed by atoms with Gasteiger partial charge in [0, 0.05) is 33.3 Å². The summed E-state index contributed by atoms with van der Waals surface area (Å²) in [6, 6.07) is 6.55. The Kier molecular flexibility index (Phi) is 11.3. The Morgan fingerprint density at radius 3 is 1.53 bits per heavy atom. The van der Waals surface area contributed by atoms with Gasteiger partial charge in [0.05, 0.1) is 29.1 Å². The van der Waals surface area contributed by atoms with Gasteiger partial charge in [-0.05, 0) is 107 Å². The number of imide groups is 2. The SMILES string of the molecule is CC1=CC(C2CC(=O)N(NC(=O)C(=O)Nc3c(Br)cc(Br)cc3Br)C2=O)CC2C(=O)N(NC(=O)C(=O)Nc3c(Br)cc(Br)cc3Br)C(=O)C12. The first-order chi connectivity index (χ1) is 23.0. The van der Waals surface area contributed by atoms with Crippen molar-refractivity contribution in [3.8, 4) is 0 Å². The standard InChI is InChI=1S/C29H20Br6N6O8/c1-9-2-10(13-8-19(42)40(27(13)47)38-25(45)23(43)36-21-15(32)4-11(30)5-16(21)33)3-14-20(9)29(49)41(28(14)48)39-26(46)24(44)37-22-17(34)6-12(31)7-18(22)35/h2,4-7,10,13-14,20H,3,8H2,1H3,(H,36,43)(H,37,44)(H,38,45)(H,39,46). The van der Waals surface area contributed by atoms with Gasteiger partial charge < -0.3 is 10.6 Å². The Bertz CT molecular complexity index is 1870. The lowest BCUT2D eigenvalue weighted by Crippen LogP contribution is -2.50. The van der Waals surface area contributed by atoms with Gasteiger partial charge in [0.25, 0.3) is 17.7 Å². The number of carbonyl (C=O) groups is 8. The minimum absolute atomic E-state index is 0.0402. The molecule has 5 rings (SSSR count). The van der Waals surface area contributed by atoms with Crippen molar-refractivity contribution in [1.82, 2.24) is 20.9 Å². The van der Waals surface area contributed by atoms with Crippen molar-refractivity contribution >= 4 is 154 Å². The number of halogens is 6. The van der Waals surface area contributed by atoms with Gasteiger partial charge in [-0.25, -0.2) is 10.9 Å². The van der Waals surface area contributed by atoms with Crippen LogP contribution >= 0.6 is 95.6 Å². The molecule has 20 heteroatoms. The number of hydrogen-bond acceptors (Lipinski definition) is 8. The molecule has 2 fully saturated rings. The van der Waals surface area contributed by atoms with Gasteiger partial charge in [-0.3, -0.25) is 38.4 Å². The third-order valence-corrected chi connectivity index (χ3v) is 11.4. The molecule has 0 radical (unpaired) electrons. The Hall–Kier alpha value is -2.78. The molecule has 4 unspecified atom stereocenters. The van der Waals surface area contributed by atoms with E-state index in [-0.39, 0.29) is 24.2 Å². The number of rotatable bonds is 5. The fraction of sp³-hybridized carbons (Fsp3) is 0.241. The average Bonchev–Trinajstić information content (AvgIpc) is 3.43. The molecule has 1 aliphatic carbocycles. The molecule has 4 atom stereocenters. The number of fused-ring (bicyclic) bond motifs is 1. The number of nitrogens with one attached hydrogen (secondary N) is 4. The highest BCUT2D eigenvalue weighted by Crippen LogP contribution is 2.44. The van der Waals surface area contributed by atoms with Crippen LogP contribution in [-0.4, -0.2) is 57.3 Å². The third-order valence-electron chi connectivity index (χ3n) is 7.95. The van der Waals surface area contributed by atoms with Crippen LogP contribution in [-0.2, 0) is 38.4 Å². The lowest BCUT2D eigenvalue weighted by atomic mass is 9.71. The van der Waals surface area contributed by atoms with E-state index in [1.807, 2.05) is 0 Å². The molecule has 0 spiro atoms. The van der Waals surface area contributed by atoms with Crippen molar-refractivity contribution in [1.29, 1.82) is 0 Å². The number of carbonyl (C=O) groups excluding carboxylic acids is 8. The number of amides is 8. The van der Waals surface area contributed by atoms with E-state index in [2.05, 4.69) is 117 Å². The van der Waals surface area contributed by atoms with Gasteiger partial charge in [-0.1, -0.05) is 43.5 Å². The normalized spacial score (nSPS) is 21.7. The zero-order chi connectivity index (χ0) is 36.1. The van der Waals surface area contributed by atoms with E-state index in [4.69, 9.17) is 0 Å². The molecule has 0 aromatic heterocycles. The zero-order valence-electron chi connectivity index (χ0n) is 24.5. The Labute approximate surface area is 327 Å². The first-order valence-corrected chi connectivity index (χ1v) is 18.7. The number of hydrazine groups is 2. The summed E-state index contributed by atoms with van der Waals surface area (Å²) in [5.41, 5.74) is 5.05. The number of nitrogens with zero attached hydrogens (tertiary/aromatic N) is 2. The minimum atomic E-state index is -1.27. The number of allylic oxidation sites excluding steroid dienone is 1. The monoisotopic (exact) mass is 1050 g/mol. The average molecular weight is 1060 g/mol. The summed E-state index contributed by atoms with van der Waals surface area (Å²) in [7, 11) is 0. The van der Waals surface area contributed by atoms with E-state index in [0.717, 1.165) is 0 Å². The van der Waals surface area contributed by atoms with Crippen LogP contribution in [0.15, 0.2) is 62.8 Å². The highest BCUT2D eigenvalue weighted by Gasteiger charge is 2.54. The number of hydrogen-bond donors (Lipinski definition) is 4. The summed E-state index contributed by atoms with van der Waals surface area (Å²) in [6.45, 7) is 1.58. The maximum absolute atomic E-state index is 13.4. The summed E-state index contributed by atoms with van der Waals surface area (Å²) in [5.74, 6) is -11.6. The fourth-order valence-electron chi connectivity index (χ4n) is 5.75. The molecule has 2 saturated heterocycles. The number of benzene rings is 2. The molecule has 2 aliphatic heterocycles. The lowest BCUT2D eigenvalue weighted by molar-refractivity contribution is -0.151. The van der Waals surface area contributed by atoms with Crippen LogP contribution in [0.1, 0.15) is 19.8 Å². The topological polar surface area (TPSA) is 191 Å². The van der Waals surface area contributed by atoms with Gasteiger partial charge in [0.2, 0.25) is 5.91 Å². The molecule has 2 aromatic carbocycles. The van der Waals surface area contributed by atoms with Crippen molar-refractivity contribution in [2.45, 2.75) is 19.8 Å². The quantitative estimate of drug-likeness (QED) is 0.186. The predicted octanol–water partition coefficient (Wildman–Crippen LogP) is 4.84. The summed E-state index contributed by atoms with van der Waals surface area (Å²) < 4.78 is 3.17. The predicted molar refractivity (Wildman–Crippen MR) is 193 cm³/mol. The molecule has 14 nitrogen and oxygen atoms in total. The summed E-state index contributed by atoms with van der Waals surface area (Å²) in [4.78, 5) is 104. The van der Waals surface area contributed by atoms with Gasteiger partial charge in [0.15, 0.2) is 0 Å². The van der Waals surface area contributed by atoms with Crippen molar-refractivity contribution in [3.63, 3.8) is 0 Å². The largest absolute Gasteiger partial charge is 0.328 e. The van der Waals surface area contributed by atoms with Crippen molar-refractivity contribution in [2.24, 2.45) is 23.7 Å². The Morgan fingerprint density at radius 1 is 0.633 bits per heavy atom. The molecular weight excluding hydrogens is 1040 g/mol. The summed E-state index contributed by atoms with van der Waals surface area (Å²) >= 11 is 19.8. The zero-order valence-corrected chi connectivity index (χ0v) is 34.1. The maximum Gasteiger partial charge on any atom is 0.328 e. The molecule has 2 heterocycles. The lowest BCUT2D eigenvalue weighted by Gasteiger charge is -2.29. The van der Waals surface area contributed by atoms with E-state index in [9.17, 15) is 38.4 Å². The van der Waals surface area contributed by atoms with Crippen LogP contribution in [0.2, 0.25) is 0 Å². The summed E-state index contributed by atoms with van der Waals surface area (Å²) in [5, 5.41) is 5.80. The minimum Gasteiger partial charge on any atom is -0.316 e. The first kappa shape index (κ1) is 37.5. The smallest absolute Gasteiger partial charge is 0.316 e. The molecule has 4 N–H and O–H groups in total. The van der Waals surface area contributed by atoms with E-state index in [1.165, 1.54) is 0 Å². The number of anilines is 2. The molecule has 256 valence electrons. The van der Waals surface area contributed by atoms with Gasteiger partial charge in [-0.15, -0.1) is 0 Å². The van der Waals surface area contributed by atoms with E-state index in [0.29, 0.717) is 42.4 Å². The molecule has 3 aliphatic rings. The van der Waals surface area contributed by atoms with Crippen LogP contribution in [0.25, 0.3) is 0 Å². The third kappa shape index (κ3) is 7.63. The van der Waals surface area contributed by atoms with Crippen LogP contribution in [0.4, 0.5) is 11.4 Å². The maximum atomic E-state index is 13.4. The van der Waals surface area contributed by atoms with E-state index < -0.39 is 70.9 Å². The molecule has 8 amide bonds. The molecule has 2 aromatic rings. The van der Waals surface area contributed by atoms with E-state index in [1.54, 1.807) is 37.3 Å². The highest BCUT2D eigenvalue weighted by atomic mass is 79.9. The fourth-order valence-corrected chi connectivity index (χ4v) is 10.7. The summed E-state index contributed by atoms with van der Waals surface area (Å²) in [6.07, 6.45) is 1.24. The van der Waals surface area contributed by atoms with E-state index >= 15 is 0 Å². The highest BCUT2D eigenvalue weighted by molar-refractivity contribution is 9.12. The van der Waals surface area contributed by atoms with Gasteiger partial charge >= 0.3 is 23.6 Å². The van der Waals surface area contributed by atoms with Gasteiger partial charge in [0.1, 0.15) is 0 Å². The van der Waals surface area contributed by atoms with Crippen molar-refractivity contribution < 1.29 is 38.4 Å². The Morgan fingerprint density at radius 2 is 1.06 bits per heavy atom. The first-order valence-electron chi connectivity index (χ1n) is 13.9. The van der Waals surface area contributed by atoms with Crippen LogP contribution in [0, 0.1) is 23.7 Å². The van der Waals surface area contributed by atoms with Crippen LogP contribution in [0.3, 0.4) is 0 Å². The molecule has 49 heavy (non-hydrogen) atoms. The van der Waals surface area contributed by atoms with Crippen molar-refractivity contribution in [2.75, 3.05) is 10.6 Å². The second kappa shape index (κ2) is 14.8. The molecular formula is C29H20Br6N6O8. The van der Waals surface area contributed by atoms with Crippen molar-refractivity contribution in [3.05, 3.63) is 62.8 Å². The molecule has 0 bridgehead atoms. The second-order valence-electron chi connectivity index (χ2n) is 11.1. The Balaban J connectivity index is 1.23. The second-order valence-corrected chi connectivity index (χ2v) is 16.3. The molecule has 0 saturated carbocycles. The van der Waals surface area contributed by atoms with Crippen LogP contribution < -0.4 is 21.5 Å². The van der Waals surface area contributed by atoms with Gasteiger partial charge in [-0.2, -0.15) is 10.0 Å².